The summed E-state index contributed by atoms with van der Waals surface area (Å²) < 4.78 is 34.0. The van der Waals surface area contributed by atoms with Crippen LogP contribution in [0.3, 0.4) is 0 Å². The van der Waals surface area contributed by atoms with Crippen LogP contribution in [0.5, 0.6) is 0 Å². The minimum atomic E-state index is -4.37. The molecule has 2 rings (SSSR count). The Morgan fingerprint density at radius 2 is 1.06 bits per heavy atom. The van der Waals surface area contributed by atoms with Gasteiger partial charge in [-0.15, -0.1) is 0 Å². The van der Waals surface area contributed by atoms with Crippen molar-refractivity contribution in [3.8, 4) is 0 Å². The van der Waals surface area contributed by atoms with Gasteiger partial charge in [-0.1, -0.05) is 71.6 Å². The molecule has 0 aliphatic carbocycles. The summed E-state index contributed by atoms with van der Waals surface area (Å²) in [5, 5.41) is 1.72. The van der Waals surface area contributed by atoms with Gasteiger partial charge in [-0.2, -0.15) is 0 Å². The van der Waals surface area contributed by atoms with Crippen molar-refractivity contribution >= 4 is 20.9 Å². The summed E-state index contributed by atoms with van der Waals surface area (Å²) in [6.07, 6.45) is 11.1. The van der Waals surface area contributed by atoms with Crippen molar-refractivity contribution in [2.45, 2.75) is 97.8 Å². The molecule has 0 bridgehead atoms. The summed E-state index contributed by atoms with van der Waals surface area (Å²) >= 11 is 0. The first-order valence-electron chi connectivity index (χ1n) is 12.9. The van der Waals surface area contributed by atoms with Crippen molar-refractivity contribution in [1.29, 1.82) is 0 Å². The smallest absolute Gasteiger partial charge is 0.124 e. The van der Waals surface area contributed by atoms with Gasteiger partial charge in [-0.3, -0.25) is 0 Å². The molecule has 0 N–H and O–H groups in total. The average molecular weight is 478 g/mol. The molecule has 0 amide bonds. The van der Waals surface area contributed by atoms with E-state index in [0.717, 1.165) is 21.9 Å². The first-order chi connectivity index (χ1) is 15.6. The number of benzene rings is 2. The maximum Gasteiger partial charge on any atom is 0.124 e. The molecule has 0 atom stereocenters. The fourth-order valence-corrected chi connectivity index (χ4v) is 4.81. The highest BCUT2D eigenvalue weighted by molar-refractivity contribution is 7.85. The van der Waals surface area contributed by atoms with Gasteiger partial charge in [0.15, 0.2) is 0 Å². The zero-order valence-electron chi connectivity index (χ0n) is 22.0. The Kier molecular flexibility index (Phi) is 13.2. The number of fused-ring (bicyclic) bond motifs is 1. The van der Waals surface area contributed by atoms with Crippen LogP contribution in [0.1, 0.15) is 90.2 Å². The van der Waals surface area contributed by atoms with Gasteiger partial charge in [-0.25, -0.2) is 8.42 Å². The van der Waals surface area contributed by atoms with Crippen LogP contribution in [-0.4, -0.2) is 43.6 Å². The van der Waals surface area contributed by atoms with Gasteiger partial charge in [0.05, 0.1) is 31.1 Å². The lowest BCUT2D eigenvalue weighted by molar-refractivity contribution is -0.929. The van der Waals surface area contributed by atoms with Crippen LogP contribution >= 0.6 is 0 Å². The van der Waals surface area contributed by atoms with Crippen molar-refractivity contribution in [2.24, 2.45) is 0 Å². The van der Waals surface area contributed by atoms with Crippen molar-refractivity contribution in [3.05, 3.63) is 41.5 Å². The molecule has 0 unspecified atom stereocenters. The Hall–Kier alpha value is -1.43. The lowest BCUT2D eigenvalue weighted by atomic mass is 10.0. The number of hydrogen-bond donors (Lipinski definition) is 0. The predicted molar refractivity (Wildman–Crippen MR) is 141 cm³/mol. The zero-order valence-corrected chi connectivity index (χ0v) is 22.8. The van der Waals surface area contributed by atoms with E-state index in [4.69, 9.17) is 0 Å². The third-order valence-electron chi connectivity index (χ3n) is 6.66. The third kappa shape index (κ3) is 10.2. The van der Waals surface area contributed by atoms with E-state index in [0.29, 0.717) is 0 Å². The maximum absolute atomic E-state index is 10.9. The monoisotopic (exact) mass is 477 g/mol. The van der Waals surface area contributed by atoms with Gasteiger partial charge in [0, 0.05) is 0 Å². The average Bonchev–Trinajstić information content (AvgIpc) is 2.78. The SMILES string of the molecule is CCCC[N+](CCCC)(CCCC)CCCC.Cc1cc2ccc(S(=O)(=O)[O-])cc2cc1C. The van der Waals surface area contributed by atoms with Crippen LogP contribution < -0.4 is 0 Å². The topological polar surface area (TPSA) is 57.2 Å². The van der Waals surface area contributed by atoms with Crippen LogP contribution in [0.2, 0.25) is 0 Å². The fourth-order valence-electron chi connectivity index (χ4n) is 4.30. The zero-order chi connectivity index (χ0) is 24.9. The summed E-state index contributed by atoms with van der Waals surface area (Å²) in [6, 6.07) is 8.29. The van der Waals surface area contributed by atoms with Crippen molar-refractivity contribution in [1.82, 2.24) is 0 Å². The van der Waals surface area contributed by atoms with E-state index in [1.54, 1.807) is 6.07 Å². The second-order valence-electron chi connectivity index (χ2n) is 9.55. The largest absolute Gasteiger partial charge is 0.744 e. The number of hydrogen-bond acceptors (Lipinski definition) is 3. The number of quaternary nitrogens is 1. The quantitative estimate of drug-likeness (QED) is 0.224. The highest BCUT2D eigenvalue weighted by Gasteiger charge is 2.24. The molecule has 0 radical (unpaired) electrons. The van der Waals surface area contributed by atoms with Gasteiger partial charge in [0.25, 0.3) is 0 Å². The number of aryl methyl sites for hydroxylation is 2. The minimum absolute atomic E-state index is 0.178. The van der Waals surface area contributed by atoms with Crippen LogP contribution in [0.4, 0.5) is 0 Å². The summed E-state index contributed by atoms with van der Waals surface area (Å²) in [5.41, 5.74) is 2.22. The molecule has 4 nitrogen and oxygen atoms in total. The van der Waals surface area contributed by atoms with Crippen molar-refractivity contribution in [2.75, 3.05) is 26.2 Å². The molecular weight excluding hydrogens is 430 g/mol. The standard InChI is InChI=1S/C16H36N.C12H12O3S/c1-5-9-13-17(14-10-6-2,15-11-7-3)16-12-8-4;1-8-5-10-3-4-12(16(13,14)15)7-11(10)6-9(8)2/h5-16H2,1-4H3;3-7H,1-2H3,(H,13,14,15)/q+1;/p-1. The van der Waals surface area contributed by atoms with E-state index in [2.05, 4.69) is 27.7 Å². The fraction of sp³-hybridized carbons (Fsp3) is 0.643. The van der Waals surface area contributed by atoms with Crippen LogP contribution in [0.15, 0.2) is 35.2 Å². The molecular formula is C28H47NO3S. The molecule has 0 aliphatic rings. The molecule has 33 heavy (non-hydrogen) atoms. The molecule has 0 aromatic heterocycles. The molecule has 0 saturated carbocycles. The summed E-state index contributed by atoms with van der Waals surface area (Å²) in [5.74, 6) is 0. The predicted octanol–water partition coefficient (Wildman–Crippen LogP) is 7.36. The normalized spacial score (nSPS) is 12.0. The van der Waals surface area contributed by atoms with Crippen LogP contribution in [-0.2, 0) is 10.1 Å². The molecule has 2 aromatic carbocycles. The second-order valence-corrected chi connectivity index (χ2v) is 10.9. The Bertz CT molecular complexity index is 900. The van der Waals surface area contributed by atoms with E-state index in [9.17, 15) is 13.0 Å². The van der Waals surface area contributed by atoms with Gasteiger partial charge in [0.2, 0.25) is 0 Å². The van der Waals surface area contributed by atoms with Gasteiger partial charge >= 0.3 is 0 Å². The maximum atomic E-state index is 10.9. The molecule has 0 saturated heterocycles. The van der Waals surface area contributed by atoms with Crippen LogP contribution in [0.25, 0.3) is 10.8 Å². The highest BCUT2D eigenvalue weighted by atomic mass is 32.2. The number of unbranched alkanes of at least 4 members (excludes halogenated alkanes) is 4. The number of nitrogens with zero attached hydrogens (tertiary/aromatic N) is 1. The Balaban J connectivity index is 0.000000330. The first kappa shape index (κ1) is 29.6. The lowest BCUT2D eigenvalue weighted by Gasteiger charge is -2.39. The van der Waals surface area contributed by atoms with E-state index < -0.39 is 10.1 Å². The summed E-state index contributed by atoms with van der Waals surface area (Å²) in [6.45, 7) is 19.0. The molecule has 2 aromatic rings. The summed E-state index contributed by atoms with van der Waals surface area (Å²) in [4.78, 5) is -0.178. The minimum Gasteiger partial charge on any atom is -0.744 e. The first-order valence-corrected chi connectivity index (χ1v) is 14.3. The molecule has 0 fully saturated rings. The van der Waals surface area contributed by atoms with Crippen molar-refractivity contribution in [3.63, 3.8) is 0 Å². The van der Waals surface area contributed by atoms with Crippen molar-refractivity contribution < 1.29 is 17.5 Å². The number of rotatable bonds is 13. The third-order valence-corrected chi connectivity index (χ3v) is 7.49. The Labute approximate surface area is 203 Å². The van der Waals surface area contributed by atoms with Crippen LogP contribution in [0, 0.1) is 13.8 Å². The summed E-state index contributed by atoms with van der Waals surface area (Å²) in [7, 11) is -4.37. The molecule has 5 heteroatoms. The van der Waals surface area contributed by atoms with E-state index in [1.807, 2.05) is 26.0 Å². The highest BCUT2D eigenvalue weighted by Crippen LogP contribution is 2.22. The Morgan fingerprint density at radius 3 is 1.42 bits per heavy atom. The van der Waals surface area contributed by atoms with Gasteiger partial charge in [-0.05, 0) is 73.6 Å². The molecule has 0 spiro atoms. The molecule has 0 aliphatic heterocycles. The van der Waals surface area contributed by atoms with E-state index in [-0.39, 0.29) is 4.90 Å². The second kappa shape index (κ2) is 14.7. The van der Waals surface area contributed by atoms with Gasteiger partial charge in [0.1, 0.15) is 10.1 Å². The molecule has 188 valence electrons. The van der Waals surface area contributed by atoms with E-state index in [1.165, 1.54) is 94.2 Å². The lowest BCUT2D eigenvalue weighted by Crippen LogP contribution is -2.50. The Morgan fingerprint density at radius 1 is 0.667 bits per heavy atom. The van der Waals surface area contributed by atoms with Gasteiger partial charge < -0.3 is 9.04 Å². The van der Waals surface area contributed by atoms with E-state index >= 15 is 0 Å². The molecule has 0 heterocycles.